The van der Waals surface area contributed by atoms with Gasteiger partial charge in [0.1, 0.15) is 24.0 Å². The molecule has 0 aromatic carbocycles. The van der Waals surface area contributed by atoms with E-state index in [1.807, 2.05) is 12.3 Å². The summed E-state index contributed by atoms with van der Waals surface area (Å²) in [6.07, 6.45) is 6.90. The van der Waals surface area contributed by atoms with Crippen LogP contribution in [0.25, 0.3) is 11.0 Å². The summed E-state index contributed by atoms with van der Waals surface area (Å²) in [5.74, 6) is 1.69. The van der Waals surface area contributed by atoms with Gasteiger partial charge in [-0.15, -0.1) is 0 Å². The normalized spacial score (nSPS) is 27.0. The Hall–Kier alpha value is -1.92. The Morgan fingerprint density at radius 3 is 3.09 bits per heavy atom. The first kappa shape index (κ1) is 13.7. The average molecular weight is 299 g/mol. The first-order valence-electron chi connectivity index (χ1n) is 7.87. The molecule has 0 saturated carbocycles. The molecule has 2 aliphatic heterocycles. The smallest absolute Gasteiger partial charge is 0.142 e. The third-order valence-electron chi connectivity index (χ3n) is 5.08. The number of aromatic nitrogens is 3. The van der Waals surface area contributed by atoms with E-state index in [0.29, 0.717) is 12.0 Å². The zero-order valence-corrected chi connectivity index (χ0v) is 12.5. The second-order valence-electron chi connectivity index (χ2n) is 6.18. The van der Waals surface area contributed by atoms with Crippen LogP contribution in [-0.4, -0.2) is 56.9 Å². The van der Waals surface area contributed by atoms with Gasteiger partial charge in [0.05, 0.1) is 5.39 Å². The number of aliphatic hydroxyl groups is 1. The van der Waals surface area contributed by atoms with Crippen molar-refractivity contribution in [2.75, 3.05) is 24.5 Å². The fourth-order valence-corrected chi connectivity index (χ4v) is 3.91. The number of fused-ring (bicyclic) bond motifs is 2. The van der Waals surface area contributed by atoms with Crippen molar-refractivity contribution in [3.8, 4) is 0 Å². The Kier molecular flexibility index (Phi) is 3.35. The van der Waals surface area contributed by atoms with Gasteiger partial charge in [-0.05, 0) is 30.9 Å². The molecule has 6 heteroatoms. The Balaban J connectivity index is 1.65. The van der Waals surface area contributed by atoms with Crippen molar-refractivity contribution in [2.24, 2.45) is 5.92 Å². The Morgan fingerprint density at radius 1 is 1.36 bits per heavy atom. The maximum atomic E-state index is 10.1. The van der Waals surface area contributed by atoms with Crippen LogP contribution in [0.4, 0.5) is 5.82 Å². The first-order chi connectivity index (χ1) is 10.8. The lowest BCUT2D eigenvalue weighted by molar-refractivity contribution is 0.0138. The van der Waals surface area contributed by atoms with Gasteiger partial charge in [0.2, 0.25) is 0 Å². The van der Waals surface area contributed by atoms with Crippen LogP contribution in [0.15, 0.2) is 31.2 Å². The first-order valence-corrected chi connectivity index (χ1v) is 7.87. The number of rotatable bonds is 3. The highest BCUT2D eigenvalue weighted by atomic mass is 16.3. The van der Waals surface area contributed by atoms with Crippen LogP contribution >= 0.6 is 0 Å². The highest BCUT2D eigenvalue weighted by Gasteiger charge is 2.40. The summed E-state index contributed by atoms with van der Waals surface area (Å²) in [5.41, 5.74) is 0.882. The summed E-state index contributed by atoms with van der Waals surface area (Å²) in [4.78, 5) is 16.5. The van der Waals surface area contributed by atoms with Crippen LogP contribution in [0.1, 0.15) is 12.8 Å². The summed E-state index contributed by atoms with van der Waals surface area (Å²) < 4.78 is 0. The Bertz CT molecular complexity index is 684. The summed E-state index contributed by atoms with van der Waals surface area (Å²) in [7, 11) is 0. The molecule has 2 saturated heterocycles. The number of piperidine rings is 1. The maximum absolute atomic E-state index is 10.1. The molecule has 6 nitrogen and oxygen atoms in total. The van der Waals surface area contributed by atoms with Gasteiger partial charge in [0.15, 0.2) is 0 Å². The molecular weight excluding hydrogens is 278 g/mol. The lowest BCUT2D eigenvalue weighted by Gasteiger charge is -2.40. The van der Waals surface area contributed by atoms with E-state index in [9.17, 15) is 5.11 Å². The molecule has 22 heavy (non-hydrogen) atoms. The second-order valence-corrected chi connectivity index (χ2v) is 6.18. The van der Waals surface area contributed by atoms with Gasteiger partial charge >= 0.3 is 0 Å². The van der Waals surface area contributed by atoms with Crippen LogP contribution in [-0.2, 0) is 0 Å². The topological polar surface area (TPSA) is 68.3 Å². The third-order valence-corrected chi connectivity index (χ3v) is 5.08. The summed E-state index contributed by atoms with van der Waals surface area (Å²) in [6.45, 7) is 6.51. The molecule has 2 fully saturated rings. The van der Waals surface area contributed by atoms with Crippen molar-refractivity contribution < 1.29 is 5.11 Å². The van der Waals surface area contributed by atoms with E-state index < -0.39 is 6.23 Å². The van der Waals surface area contributed by atoms with E-state index in [1.165, 1.54) is 6.42 Å². The minimum absolute atomic E-state index is 0.399. The molecule has 3 atom stereocenters. The highest BCUT2D eigenvalue weighted by molar-refractivity contribution is 5.87. The molecule has 2 aliphatic rings. The SMILES string of the molecule is C=CC(O)N1CCC2CCN(c3ncnc4[nH]ccc34)C2C1. The number of nitrogens with one attached hydrogen (secondary N) is 1. The van der Waals surface area contributed by atoms with E-state index in [4.69, 9.17) is 0 Å². The summed E-state index contributed by atoms with van der Waals surface area (Å²) in [6, 6.07) is 2.44. The van der Waals surface area contributed by atoms with Crippen molar-refractivity contribution in [1.29, 1.82) is 0 Å². The second kappa shape index (κ2) is 5.37. The van der Waals surface area contributed by atoms with Crippen molar-refractivity contribution in [1.82, 2.24) is 19.9 Å². The van der Waals surface area contributed by atoms with E-state index in [1.54, 1.807) is 12.4 Å². The van der Waals surface area contributed by atoms with Crippen molar-refractivity contribution in [3.63, 3.8) is 0 Å². The standard InChI is InChI=1S/C16H21N5O/c1-2-14(22)20-7-4-11-5-8-21(13(11)9-20)16-12-3-6-17-15(12)18-10-19-16/h2-3,6,10-11,13-14,22H,1,4-5,7-9H2,(H,17,18,19). The molecule has 3 unspecified atom stereocenters. The molecule has 0 spiro atoms. The van der Waals surface area contributed by atoms with Crippen LogP contribution in [0.3, 0.4) is 0 Å². The van der Waals surface area contributed by atoms with Crippen LogP contribution in [0.2, 0.25) is 0 Å². The van der Waals surface area contributed by atoms with Gasteiger partial charge in [-0.1, -0.05) is 6.58 Å². The lowest BCUT2D eigenvalue weighted by atomic mass is 9.92. The summed E-state index contributed by atoms with van der Waals surface area (Å²) in [5, 5.41) is 11.1. The fourth-order valence-electron chi connectivity index (χ4n) is 3.91. The van der Waals surface area contributed by atoms with Gasteiger partial charge in [-0.2, -0.15) is 0 Å². The third kappa shape index (κ3) is 2.10. The Labute approximate surface area is 129 Å². The molecule has 116 valence electrons. The predicted octanol–water partition coefficient (Wildman–Crippen LogP) is 1.36. The van der Waals surface area contributed by atoms with Crippen molar-refractivity contribution in [3.05, 3.63) is 31.2 Å². The lowest BCUT2D eigenvalue weighted by Crippen LogP contribution is -2.51. The zero-order valence-electron chi connectivity index (χ0n) is 12.5. The summed E-state index contributed by atoms with van der Waals surface area (Å²) >= 11 is 0. The quantitative estimate of drug-likeness (QED) is 0.838. The highest BCUT2D eigenvalue weighted by Crippen LogP contribution is 2.36. The number of nitrogens with zero attached hydrogens (tertiary/aromatic N) is 4. The molecule has 0 bridgehead atoms. The largest absolute Gasteiger partial charge is 0.375 e. The predicted molar refractivity (Wildman–Crippen MR) is 85.5 cm³/mol. The van der Waals surface area contributed by atoms with Gasteiger partial charge in [0, 0.05) is 31.9 Å². The minimum atomic E-state index is -0.555. The van der Waals surface area contributed by atoms with Gasteiger partial charge in [0.25, 0.3) is 0 Å². The van der Waals surface area contributed by atoms with Crippen molar-refractivity contribution >= 4 is 16.9 Å². The molecule has 0 aliphatic carbocycles. The number of aromatic amines is 1. The van der Waals surface area contributed by atoms with Gasteiger partial charge in [-0.3, -0.25) is 4.90 Å². The number of aliphatic hydroxyl groups excluding tert-OH is 1. The molecular formula is C16H21N5O. The number of hydrogen-bond acceptors (Lipinski definition) is 5. The molecule has 4 rings (SSSR count). The molecule has 4 heterocycles. The number of hydrogen-bond donors (Lipinski definition) is 2. The molecule has 0 amide bonds. The van der Waals surface area contributed by atoms with Gasteiger partial charge in [-0.25, -0.2) is 9.97 Å². The van der Waals surface area contributed by atoms with E-state index >= 15 is 0 Å². The minimum Gasteiger partial charge on any atom is -0.375 e. The molecule has 2 N–H and O–H groups in total. The average Bonchev–Trinajstić information content (AvgIpc) is 3.19. The van der Waals surface area contributed by atoms with Crippen LogP contribution in [0, 0.1) is 5.92 Å². The van der Waals surface area contributed by atoms with E-state index in [-0.39, 0.29) is 0 Å². The molecule has 0 radical (unpaired) electrons. The number of anilines is 1. The number of H-pyrrole nitrogens is 1. The van der Waals surface area contributed by atoms with E-state index in [2.05, 4.69) is 31.3 Å². The van der Waals surface area contributed by atoms with Crippen LogP contribution in [0.5, 0.6) is 0 Å². The van der Waals surface area contributed by atoms with Crippen LogP contribution < -0.4 is 4.90 Å². The molecule has 2 aromatic rings. The zero-order chi connectivity index (χ0) is 15.1. The Morgan fingerprint density at radius 2 is 2.23 bits per heavy atom. The van der Waals surface area contributed by atoms with Gasteiger partial charge < -0.3 is 15.0 Å². The monoisotopic (exact) mass is 299 g/mol. The van der Waals surface area contributed by atoms with E-state index in [0.717, 1.165) is 42.9 Å². The van der Waals surface area contributed by atoms with Crippen molar-refractivity contribution in [2.45, 2.75) is 25.1 Å². The number of likely N-dealkylation sites (tertiary alicyclic amines) is 1. The fraction of sp³-hybridized carbons (Fsp3) is 0.500. The molecule has 2 aromatic heterocycles. The maximum Gasteiger partial charge on any atom is 0.142 e.